The normalized spacial score (nSPS) is 10.8. The molecular formula is C23H20N4O3S. The molecule has 0 aliphatic heterocycles. The molecule has 31 heavy (non-hydrogen) atoms. The first kappa shape index (κ1) is 20.6. The van der Waals surface area contributed by atoms with E-state index in [0.29, 0.717) is 39.7 Å². The molecule has 0 radical (unpaired) electrons. The highest BCUT2D eigenvalue weighted by atomic mass is 32.2. The molecule has 1 aromatic carbocycles. The third kappa shape index (κ3) is 4.75. The topological polar surface area (TPSA) is 90.0 Å². The maximum atomic E-state index is 13.1. The largest absolute Gasteiger partial charge is 0.467 e. The van der Waals surface area contributed by atoms with Gasteiger partial charge in [-0.2, -0.15) is 0 Å². The van der Waals surface area contributed by atoms with Crippen LogP contribution in [0.3, 0.4) is 0 Å². The molecule has 3 aromatic heterocycles. The number of nitrogens with one attached hydrogen (secondary N) is 1. The minimum absolute atomic E-state index is 0.162. The van der Waals surface area contributed by atoms with Crippen molar-refractivity contribution in [2.24, 2.45) is 0 Å². The summed E-state index contributed by atoms with van der Waals surface area (Å²) in [6, 6.07) is 12.3. The molecule has 0 saturated heterocycles. The van der Waals surface area contributed by atoms with Gasteiger partial charge in [0.25, 0.3) is 11.5 Å². The van der Waals surface area contributed by atoms with Crippen LogP contribution in [0.5, 0.6) is 0 Å². The summed E-state index contributed by atoms with van der Waals surface area (Å²) in [5.74, 6) is 1.04. The Bertz CT molecular complexity index is 1270. The lowest BCUT2D eigenvalue weighted by molar-refractivity contribution is 0.0948. The van der Waals surface area contributed by atoms with Crippen molar-refractivity contribution < 1.29 is 9.21 Å². The molecule has 4 aromatic rings. The minimum atomic E-state index is -0.263. The zero-order valence-electron chi connectivity index (χ0n) is 16.7. The number of nitrogens with zero attached hydrogens (tertiary/aromatic N) is 3. The monoisotopic (exact) mass is 432 g/mol. The number of amides is 1. The lowest BCUT2D eigenvalue weighted by Gasteiger charge is -2.12. The molecule has 1 amide bonds. The summed E-state index contributed by atoms with van der Waals surface area (Å²) in [5, 5.41) is 3.83. The smallest absolute Gasteiger partial charge is 0.262 e. The van der Waals surface area contributed by atoms with Gasteiger partial charge >= 0.3 is 0 Å². The molecule has 8 heteroatoms. The number of rotatable bonds is 8. The van der Waals surface area contributed by atoms with Crippen LogP contribution in [-0.2, 0) is 18.8 Å². The van der Waals surface area contributed by atoms with Crippen LogP contribution in [-0.4, -0.2) is 20.4 Å². The summed E-state index contributed by atoms with van der Waals surface area (Å²) >= 11 is 1.46. The van der Waals surface area contributed by atoms with Crippen LogP contribution in [0.4, 0.5) is 0 Å². The summed E-state index contributed by atoms with van der Waals surface area (Å²) in [5.41, 5.74) is 1.82. The number of benzene rings is 1. The maximum Gasteiger partial charge on any atom is 0.262 e. The van der Waals surface area contributed by atoms with Crippen LogP contribution in [0.15, 0.2) is 88.1 Å². The molecule has 0 spiro atoms. The van der Waals surface area contributed by atoms with E-state index in [-0.39, 0.29) is 18.0 Å². The molecule has 4 rings (SSSR count). The average Bonchev–Trinajstić information content (AvgIpc) is 3.32. The standard InChI is InChI=1S/C23H20N4O3S/c1-2-11-27-22(29)19-6-5-17(21(28)25-14-18-4-3-12-30-18)13-20(19)26-23(27)31-15-16-7-9-24-10-8-16/h2-10,12-13H,1,11,14-15H2,(H,25,28). The number of thioether (sulfide) groups is 1. The number of hydrogen-bond donors (Lipinski definition) is 1. The Kier molecular flexibility index (Phi) is 6.28. The fourth-order valence-electron chi connectivity index (χ4n) is 3.05. The summed E-state index contributed by atoms with van der Waals surface area (Å²) in [6.45, 7) is 4.39. The molecule has 1 N–H and O–H groups in total. The van der Waals surface area contributed by atoms with Crippen molar-refractivity contribution in [1.29, 1.82) is 0 Å². The molecule has 0 aliphatic carbocycles. The van der Waals surface area contributed by atoms with Crippen LogP contribution in [0, 0.1) is 0 Å². The number of carbonyl (C=O) groups is 1. The first-order chi connectivity index (χ1) is 15.2. The quantitative estimate of drug-likeness (QED) is 0.259. The number of hydrogen-bond acceptors (Lipinski definition) is 6. The van der Waals surface area contributed by atoms with E-state index in [4.69, 9.17) is 4.42 Å². The van der Waals surface area contributed by atoms with Crippen molar-refractivity contribution in [3.8, 4) is 0 Å². The minimum Gasteiger partial charge on any atom is -0.467 e. The van der Waals surface area contributed by atoms with Gasteiger partial charge in [0.1, 0.15) is 5.76 Å². The van der Waals surface area contributed by atoms with E-state index in [1.54, 1.807) is 59.6 Å². The van der Waals surface area contributed by atoms with Gasteiger partial charge in [-0.25, -0.2) is 4.98 Å². The van der Waals surface area contributed by atoms with Gasteiger partial charge in [-0.15, -0.1) is 6.58 Å². The molecule has 0 aliphatic rings. The molecule has 0 bridgehead atoms. The van der Waals surface area contributed by atoms with E-state index in [9.17, 15) is 9.59 Å². The van der Waals surface area contributed by atoms with Crippen molar-refractivity contribution in [3.63, 3.8) is 0 Å². The van der Waals surface area contributed by atoms with Crippen LogP contribution < -0.4 is 10.9 Å². The van der Waals surface area contributed by atoms with Gasteiger partial charge in [-0.05, 0) is 48.0 Å². The van der Waals surface area contributed by atoms with Crippen LogP contribution in [0.2, 0.25) is 0 Å². The number of allylic oxidation sites excluding steroid dienone is 1. The van der Waals surface area contributed by atoms with Gasteiger partial charge in [0.05, 0.1) is 23.7 Å². The van der Waals surface area contributed by atoms with E-state index in [2.05, 4.69) is 21.9 Å². The number of pyridine rings is 1. The Labute approximate surface area is 182 Å². The summed E-state index contributed by atoms with van der Waals surface area (Å²) in [6.07, 6.45) is 6.69. The highest BCUT2D eigenvalue weighted by Gasteiger charge is 2.14. The molecule has 7 nitrogen and oxygen atoms in total. The molecule has 156 valence electrons. The average molecular weight is 433 g/mol. The SMILES string of the molecule is C=CCn1c(SCc2ccncc2)nc2cc(C(=O)NCc3ccco3)ccc2c1=O. The van der Waals surface area contributed by atoms with Crippen LogP contribution in [0.25, 0.3) is 10.9 Å². The highest BCUT2D eigenvalue weighted by molar-refractivity contribution is 7.98. The predicted octanol–water partition coefficient (Wildman–Crippen LogP) is 3.79. The van der Waals surface area contributed by atoms with Crippen LogP contribution >= 0.6 is 11.8 Å². The number of carbonyl (C=O) groups excluding carboxylic acids is 1. The molecule has 0 fully saturated rings. The second-order valence-corrected chi connectivity index (χ2v) is 7.68. The van der Waals surface area contributed by atoms with Crippen molar-refractivity contribution in [3.05, 3.63) is 101 Å². The Morgan fingerprint density at radius 2 is 2.06 bits per heavy atom. The summed E-state index contributed by atoms with van der Waals surface area (Å²) in [7, 11) is 0. The molecule has 0 atom stereocenters. The lowest BCUT2D eigenvalue weighted by atomic mass is 10.1. The Balaban J connectivity index is 1.63. The highest BCUT2D eigenvalue weighted by Crippen LogP contribution is 2.22. The van der Waals surface area contributed by atoms with Gasteiger partial charge in [-0.1, -0.05) is 17.8 Å². The van der Waals surface area contributed by atoms with E-state index < -0.39 is 0 Å². The third-order valence-corrected chi connectivity index (χ3v) is 5.66. The van der Waals surface area contributed by atoms with Gasteiger partial charge in [0, 0.05) is 30.3 Å². The second kappa shape index (κ2) is 9.44. The zero-order valence-corrected chi connectivity index (χ0v) is 17.5. The Morgan fingerprint density at radius 3 is 2.81 bits per heavy atom. The predicted molar refractivity (Wildman–Crippen MR) is 120 cm³/mol. The number of fused-ring (bicyclic) bond motifs is 1. The zero-order chi connectivity index (χ0) is 21.6. The molecule has 3 heterocycles. The lowest BCUT2D eigenvalue weighted by Crippen LogP contribution is -2.24. The van der Waals surface area contributed by atoms with Crippen molar-refractivity contribution in [1.82, 2.24) is 19.9 Å². The summed E-state index contributed by atoms with van der Waals surface area (Å²) in [4.78, 5) is 34.3. The van der Waals surface area contributed by atoms with Crippen molar-refractivity contribution in [2.75, 3.05) is 0 Å². The van der Waals surface area contributed by atoms with Crippen molar-refractivity contribution in [2.45, 2.75) is 24.0 Å². The van der Waals surface area contributed by atoms with Crippen LogP contribution in [0.1, 0.15) is 21.7 Å². The number of aromatic nitrogens is 3. The fourth-order valence-corrected chi connectivity index (χ4v) is 4.02. The fraction of sp³-hybridized carbons (Fsp3) is 0.130. The molecule has 0 saturated carbocycles. The van der Waals surface area contributed by atoms with E-state index in [0.717, 1.165) is 5.56 Å². The summed E-state index contributed by atoms with van der Waals surface area (Å²) < 4.78 is 6.83. The second-order valence-electron chi connectivity index (χ2n) is 6.74. The van der Waals surface area contributed by atoms with Gasteiger partial charge in [-0.3, -0.25) is 19.1 Å². The first-order valence-electron chi connectivity index (χ1n) is 9.63. The van der Waals surface area contributed by atoms with Gasteiger partial charge in [0.2, 0.25) is 0 Å². The van der Waals surface area contributed by atoms with Gasteiger partial charge in [0.15, 0.2) is 5.16 Å². The van der Waals surface area contributed by atoms with Crippen molar-refractivity contribution >= 4 is 28.6 Å². The molecule has 0 unspecified atom stereocenters. The molecular weight excluding hydrogens is 412 g/mol. The van der Waals surface area contributed by atoms with E-state index in [1.807, 2.05) is 12.1 Å². The maximum absolute atomic E-state index is 13.1. The third-order valence-electron chi connectivity index (χ3n) is 4.61. The van der Waals surface area contributed by atoms with E-state index in [1.165, 1.54) is 11.8 Å². The first-order valence-corrected chi connectivity index (χ1v) is 10.6. The Hall–Kier alpha value is -3.65. The van der Waals surface area contributed by atoms with E-state index >= 15 is 0 Å². The Morgan fingerprint density at radius 1 is 1.23 bits per heavy atom. The number of furan rings is 1. The van der Waals surface area contributed by atoms with Gasteiger partial charge < -0.3 is 9.73 Å².